The van der Waals surface area contributed by atoms with E-state index >= 15 is 0 Å². The molecule has 2 aliphatic rings. The number of aliphatic hydroxyl groups is 1. The topological polar surface area (TPSA) is 56.5 Å². The molecule has 100 valence electrons. The Bertz CT molecular complexity index is 437. The quantitative estimate of drug-likeness (QED) is 0.819. The average Bonchev–Trinajstić information content (AvgIpc) is 2.90. The Morgan fingerprint density at radius 3 is 2.72 bits per heavy atom. The number of hydrogen-bond donors (Lipinski definition) is 1. The van der Waals surface area contributed by atoms with Crippen LogP contribution in [0.5, 0.6) is 0 Å². The third-order valence-electron chi connectivity index (χ3n) is 3.96. The van der Waals surface area contributed by atoms with Gasteiger partial charge in [-0.05, 0) is 26.3 Å². The Hall–Kier alpha value is -0.910. The minimum absolute atomic E-state index is 0.0504. The van der Waals surface area contributed by atoms with Gasteiger partial charge in [0.15, 0.2) is 5.79 Å². The van der Waals surface area contributed by atoms with E-state index in [2.05, 4.69) is 5.10 Å². The van der Waals surface area contributed by atoms with Crippen LogP contribution in [-0.4, -0.2) is 40.0 Å². The number of ether oxygens (including phenoxy) is 2. The number of nitrogens with zero attached hydrogens (tertiary/aromatic N) is 2. The highest BCUT2D eigenvalue weighted by Crippen LogP contribution is 2.41. The van der Waals surface area contributed by atoms with Crippen molar-refractivity contribution in [2.45, 2.75) is 51.0 Å². The molecule has 1 aromatic rings. The summed E-state index contributed by atoms with van der Waals surface area (Å²) in [6.45, 7) is 5.29. The van der Waals surface area contributed by atoms with Crippen molar-refractivity contribution >= 4 is 0 Å². The first-order valence-electron chi connectivity index (χ1n) is 6.58. The predicted octanol–water partition coefficient (Wildman–Crippen LogP) is 1.33. The summed E-state index contributed by atoms with van der Waals surface area (Å²) in [6.07, 6.45) is 1.77. The number of aliphatic hydroxyl groups excluding tert-OH is 1. The third-order valence-corrected chi connectivity index (χ3v) is 3.96. The van der Waals surface area contributed by atoms with Gasteiger partial charge >= 0.3 is 0 Å². The molecular formula is C13H20N2O3. The lowest BCUT2D eigenvalue weighted by Gasteiger charge is -2.39. The van der Waals surface area contributed by atoms with Crippen LogP contribution in [0.25, 0.3) is 0 Å². The molecule has 0 radical (unpaired) electrons. The van der Waals surface area contributed by atoms with Crippen LogP contribution in [-0.2, 0) is 9.47 Å². The first-order chi connectivity index (χ1) is 8.60. The second kappa shape index (κ2) is 4.33. The van der Waals surface area contributed by atoms with E-state index in [1.165, 1.54) is 0 Å². The summed E-state index contributed by atoms with van der Waals surface area (Å²) in [5.41, 5.74) is 2.05. The molecule has 18 heavy (non-hydrogen) atoms. The molecule has 5 heteroatoms. The normalized spacial score (nSPS) is 31.1. The Kier molecular flexibility index (Phi) is 2.92. The molecule has 2 fully saturated rings. The van der Waals surface area contributed by atoms with Crippen molar-refractivity contribution in [1.82, 2.24) is 9.78 Å². The molecule has 1 aliphatic carbocycles. The van der Waals surface area contributed by atoms with Crippen molar-refractivity contribution in [1.29, 1.82) is 0 Å². The van der Waals surface area contributed by atoms with Crippen LogP contribution in [0, 0.1) is 13.8 Å². The molecule has 0 amide bonds. The molecule has 0 aromatic carbocycles. The van der Waals surface area contributed by atoms with Gasteiger partial charge in [0, 0.05) is 18.5 Å². The summed E-state index contributed by atoms with van der Waals surface area (Å²) in [5, 5.41) is 14.7. The van der Waals surface area contributed by atoms with E-state index in [1.54, 1.807) is 0 Å². The minimum atomic E-state index is -0.490. The minimum Gasteiger partial charge on any atom is -0.391 e. The van der Waals surface area contributed by atoms with Crippen LogP contribution in [0.2, 0.25) is 0 Å². The largest absolute Gasteiger partial charge is 0.391 e. The zero-order chi connectivity index (χ0) is 12.8. The molecule has 1 aliphatic heterocycles. The molecule has 2 unspecified atom stereocenters. The second-order valence-electron chi connectivity index (χ2n) is 5.36. The Balaban J connectivity index is 1.87. The average molecular weight is 252 g/mol. The molecule has 5 nitrogen and oxygen atoms in total. The maximum atomic E-state index is 10.2. The fourth-order valence-corrected chi connectivity index (χ4v) is 3.11. The summed E-state index contributed by atoms with van der Waals surface area (Å²) in [4.78, 5) is 0. The fourth-order valence-electron chi connectivity index (χ4n) is 3.11. The standard InChI is InChI=1S/C13H20N2O3/c1-9-7-10(2)15(14-9)11-8-13(4-3-12(11)16)17-5-6-18-13/h7,11-12,16H,3-6,8H2,1-2H3. The van der Waals surface area contributed by atoms with Crippen LogP contribution in [0.3, 0.4) is 0 Å². The molecular weight excluding hydrogens is 232 g/mol. The number of hydrogen-bond acceptors (Lipinski definition) is 4. The summed E-state index contributed by atoms with van der Waals surface area (Å²) >= 11 is 0. The van der Waals surface area contributed by atoms with Crippen molar-refractivity contribution in [3.05, 3.63) is 17.5 Å². The van der Waals surface area contributed by atoms with Crippen LogP contribution in [0.15, 0.2) is 6.07 Å². The third kappa shape index (κ3) is 1.96. The lowest BCUT2D eigenvalue weighted by Crippen LogP contribution is -2.43. The summed E-state index contributed by atoms with van der Waals surface area (Å²) in [5.74, 6) is -0.490. The first-order valence-corrected chi connectivity index (χ1v) is 6.58. The number of aromatic nitrogens is 2. The van der Waals surface area contributed by atoms with Crippen molar-refractivity contribution in [3.8, 4) is 0 Å². The van der Waals surface area contributed by atoms with Gasteiger partial charge in [0.25, 0.3) is 0 Å². The lowest BCUT2D eigenvalue weighted by molar-refractivity contribution is -0.200. The van der Waals surface area contributed by atoms with Gasteiger partial charge in [-0.3, -0.25) is 4.68 Å². The van der Waals surface area contributed by atoms with E-state index in [4.69, 9.17) is 9.47 Å². The van der Waals surface area contributed by atoms with Crippen LogP contribution in [0.4, 0.5) is 0 Å². The van der Waals surface area contributed by atoms with E-state index in [1.807, 2.05) is 24.6 Å². The van der Waals surface area contributed by atoms with Crippen LogP contribution in [0.1, 0.15) is 36.7 Å². The van der Waals surface area contributed by atoms with Crippen molar-refractivity contribution in [2.75, 3.05) is 13.2 Å². The molecule has 0 bridgehead atoms. The smallest absolute Gasteiger partial charge is 0.170 e. The highest BCUT2D eigenvalue weighted by Gasteiger charge is 2.45. The van der Waals surface area contributed by atoms with Gasteiger partial charge in [0.2, 0.25) is 0 Å². The SMILES string of the molecule is Cc1cc(C)n(C2CC3(CCC2O)OCCO3)n1. The fraction of sp³-hybridized carbons (Fsp3) is 0.769. The molecule has 1 saturated carbocycles. The van der Waals surface area contributed by atoms with Gasteiger partial charge in [0.05, 0.1) is 31.1 Å². The maximum Gasteiger partial charge on any atom is 0.170 e. The lowest BCUT2D eigenvalue weighted by atomic mass is 9.87. The van der Waals surface area contributed by atoms with E-state index in [9.17, 15) is 5.11 Å². The van der Waals surface area contributed by atoms with E-state index < -0.39 is 5.79 Å². The molecule has 1 N–H and O–H groups in total. The van der Waals surface area contributed by atoms with E-state index in [-0.39, 0.29) is 12.1 Å². The monoisotopic (exact) mass is 252 g/mol. The molecule has 3 rings (SSSR count). The molecule has 1 saturated heterocycles. The van der Waals surface area contributed by atoms with Gasteiger partial charge in [0.1, 0.15) is 0 Å². The zero-order valence-corrected chi connectivity index (χ0v) is 10.9. The van der Waals surface area contributed by atoms with Crippen LogP contribution >= 0.6 is 0 Å². The van der Waals surface area contributed by atoms with E-state index in [0.29, 0.717) is 26.1 Å². The molecule has 2 heterocycles. The van der Waals surface area contributed by atoms with E-state index in [0.717, 1.165) is 17.8 Å². The van der Waals surface area contributed by atoms with Gasteiger partial charge in [-0.15, -0.1) is 0 Å². The molecule has 1 spiro atoms. The van der Waals surface area contributed by atoms with Gasteiger partial charge in [-0.2, -0.15) is 5.10 Å². The summed E-state index contributed by atoms with van der Waals surface area (Å²) in [6, 6.07) is 1.98. The Morgan fingerprint density at radius 1 is 1.39 bits per heavy atom. The Labute approximate surface area is 107 Å². The first kappa shape index (κ1) is 12.1. The molecule has 2 atom stereocenters. The van der Waals surface area contributed by atoms with Crippen molar-refractivity contribution < 1.29 is 14.6 Å². The number of aryl methyl sites for hydroxylation is 2. The Morgan fingerprint density at radius 2 is 2.11 bits per heavy atom. The predicted molar refractivity (Wildman–Crippen MR) is 65.2 cm³/mol. The van der Waals surface area contributed by atoms with Gasteiger partial charge in [-0.25, -0.2) is 0 Å². The molecule has 1 aromatic heterocycles. The summed E-state index contributed by atoms with van der Waals surface area (Å²) < 4.78 is 13.4. The summed E-state index contributed by atoms with van der Waals surface area (Å²) in [7, 11) is 0. The second-order valence-corrected chi connectivity index (χ2v) is 5.36. The van der Waals surface area contributed by atoms with Crippen LogP contribution < -0.4 is 0 Å². The maximum absolute atomic E-state index is 10.2. The van der Waals surface area contributed by atoms with Gasteiger partial charge in [-0.1, -0.05) is 0 Å². The zero-order valence-electron chi connectivity index (χ0n) is 10.9. The van der Waals surface area contributed by atoms with Gasteiger partial charge < -0.3 is 14.6 Å². The number of rotatable bonds is 1. The highest BCUT2D eigenvalue weighted by molar-refractivity contribution is 5.09. The van der Waals surface area contributed by atoms with Crippen molar-refractivity contribution in [2.24, 2.45) is 0 Å². The highest BCUT2D eigenvalue weighted by atomic mass is 16.7. The van der Waals surface area contributed by atoms with Crippen molar-refractivity contribution in [3.63, 3.8) is 0 Å².